The van der Waals surface area contributed by atoms with E-state index in [1.165, 1.54) is 0 Å². The van der Waals surface area contributed by atoms with Crippen LogP contribution in [0.2, 0.25) is 5.02 Å². The highest BCUT2D eigenvalue weighted by Gasteiger charge is 2.52. The van der Waals surface area contributed by atoms with Crippen LogP contribution in [0.5, 0.6) is 0 Å². The van der Waals surface area contributed by atoms with Crippen molar-refractivity contribution in [3.63, 3.8) is 0 Å². The Hall–Kier alpha value is -1.36. The van der Waals surface area contributed by atoms with Gasteiger partial charge in [0.2, 0.25) is 0 Å². The van der Waals surface area contributed by atoms with Crippen LogP contribution in [0.3, 0.4) is 0 Å². The average molecular weight is 316 g/mol. The predicted molar refractivity (Wildman–Crippen MR) is 91.9 cm³/mol. The molecule has 0 N–H and O–H groups in total. The smallest absolute Gasteiger partial charge is 0.399 e. The van der Waals surface area contributed by atoms with E-state index < -0.39 is 18.3 Å². The van der Waals surface area contributed by atoms with Gasteiger partial charge in [-0.3, -0.25) is 4.98 Å². The Bertz CT molecular complexity index is 741. The van der Waals surface area contributed by atoms with Gasteiger partial charge in [-0.1, -0.05) is 24.2 Å². The van der Waals surface area contributed by atoms with Gasteiger partial charge in [0, 0.05) is 17.1 Å². The molecular weight excluding hydrogens is 296 g/mol. The molecule has 2 heterocycles. The minimum absolute atomic E-state index is 0.393. The third-order valence-corrected chi connectivity index (χ3v) is 4.93. The fourth-order valence-electron chi connectivity index (χ4n) is 2.51. The minimum Gasteiger partial charge on any atom is -0.399 e. The highest BCUT2D eigenvalue weighted by atomic mass is 35.5. The topological polar surface area (TPSA) is 31.4 Å². The Kier molecular flexibility index (Phi) is 3.59. The van der Waals surface area contributed by atoms with Crippen LogP contribution in [0.15, 0.2) is 37.0 Å². The maximum Gasteiger partial charge on any atom is 0.494 e. The highest BCUT2D eigenvalue weighted by Crippen LogP contribution is 2.41. The van der Waals surface area contributed by atoms with Gasteiger partial charge in [0.05, 0.1) is 21.7 Å². The maximum absolute atomic E-state index is 6.25. The second-order valence-electron chi connectivity index (χ2n) is 6.61. The van der Waals surface area contributed by atoms with Crippen molar-refractivity contribution < 1.29 is 9.31 Å². The molecule has 0 unspecified atom stereocenters. The molecule has 0 radical (unpaired) electrons. The van der Waals surface area contributed by atoms with Crippen molar-refractivity contribution in [3.8, 4) is 0 Å². The molecule has 1 aliphatic heterocycles. The summed E-state index contributed by atoms with van der Waals surface area (Å²) in [6.07, 6.45) is 1.75. The summed E-state index contributed by atoms with van der Waals surface area (Å²) in [4.78, 5) is 4.45. The van der Waals surface area contributed by atoms with Gasteiger partial charge < -0.3 is 9.31 Å². The van der Waals surface area contributed by atoms with Gasteiger partial charge in [0.25, 0.3) is 0 Å². The van der Waals surface area contributed by atoms with Crippen molar-refractivity contribution in [3.05, 3.63) is 47.6 Å². The van der Waals surface area contributed by atoms with E-state index in [9.17, 15) is 0 Å². The molecule has 0 bridgehead atoms. The zero-order valence-electron chi connectivity index (χ0n) is 13.3. The summed E-state index contributed by atoms with van der Waals surface area (Å²) in [7, 11) is -0.489. The molecule has 1 aromatic heterocycles. The van der Waals surface area contributed by atoms with Crippen LogP contribution in [0.4, 0.5) is 0 Å². The van der Waals surface area contributed by atoms with E-state index in [2.05, 4.69) is 11.6 Å². The van der Waals surface area contributed by atoms with Crippen LogP contribution >= 0.6 is 11.6 Å². The minimum atomic E-state index is -0.489. The zero-order chi connectivity index (χ0) is 16.1. The lowest BCUT2D eigenvalue weighted by Gasteiger charge is -2.32. The number of halogens is 1. The summed E-state index contributed by atoms with van der Waals surface area (Å²) in [6.45, 7) is 12.3. The van der Waals surface area contributed by atoms with Crippen molar-refractivity contribution in [2.75, 3.05) is 0 Å². The van der Waals surface area contributed by atoms with E-state index in [4.69, 9.17) is 20.9 Å². The number of fused-ring (bicyclic) bond motifs is 1. The first kappa shape index (κ1) is 15.5. The van der Waals surface area contributed by atoms with E-state index in [1.807, 2.05) is 52.0 Å². The Morgan fingerprint density at radius 2 is 1.77 bits per heavy atom. The van der Waals surface area contributed by atoms with Gasteiger partial charge in [0.1, 0.15) is 0 Å². The standard InChI is InChI=1S/C17H19BClNO2/c1-11(18-21-16(2,3)17(4,5)22-18)12-8-9-14(19)13-7-6-10-20-15(12)13/h6-10H,1H2,2-5H3. The first-order valence-corrected chi connectivity index (χ1v) is 7.69. The van der Waals surface area contributed by atoms with Crippen LogP contribution in [-0.4, -0.2) is 23.3 Å². The average Bonchev–Trinajstić information content (AvgIpc) is 2.68. The maximum atomic E-state index is 6.25. The van der Waals surface area contributed by atoms with Crippen molar-refractivity contribution in [1.82, 2.24) is 4.98 Å². The first-order chi connectivity index (χ1) is 10.2. The molecule has 2 aromatic rings. The third-order valence-electron chi connectivity index (χ3n) is 4.60. The predicted octanol–water partition coefficient (Wildman–Crippen LogP) is 4.53. The quantitative estimate of drug-likeness (QED) is 0.763. The Morgan fingerprint density at radius 1 is 1.14 bits per heavy atom. The normalized spacial score (nSPS) is 19.6. The van der Waals surface area contributed by atoms with Gasteiger partial charge in [-0.2, -0.15) is 0 Å². The van der Waals surface area contributed by atoms with Gasteiger partial charge >= 0.3 is 7.12 Å². The molecule has 1 saturated heterocycles. The van der Waals surface area contributed by atoms with Crippen LogP contribution in [-0.2, 0) is 9.31 Å². The fourth-order valence-corrected chi connectivity index (χ4v) is 2.72. The lowest BCUT2D eigenvalue weighted by molar-refractivity contribution is 0.00578. The van der Waals surface area contributed by atoms with E-state index in [1.54, 1.807) is 6.20 Å². The van der Waals surface area contributed by atoms with Crippen molar-refractivity contribution in [2.45, 2.75) is 38.9 Å². The highest BCUT2D eigenvalue weighted by molar-refractivity contribution is 6.69. The number of nitrogens with zero attached hydrogens (tertiary/aromatic N) is 1. The summed E-state index contributed by atoms with van der Waals surface area (Å²) in [6, 6.07) is 7.60. The van der Waals surface area contributed by atoms with E-state index in [0.717, 1.165) is 21.9 Å². The summed E-state index contributed by atoms with van der Waals surface area (Å²) in [5.41, 5.74) is 1.69. The van der Waals surface area contributed by atoms with Crippen molar-refractivity contribution in [2.24, 2.45) is 0 Å². The van der Waals surface area contributed by atoms with Crippen molar-refractivity contribution >= 4 is 35.1 Å². The second-order valence-corrected chi connectivity index (χ2v) is 7.02. The Morgan fingerprint density at radius 3 is 2.41 bits per heavy atom. The molecule has 0 saturated carbocycles. The lowest BCUT2D eigenvalue weighted by Crippen LogP contribution is -2.41. The third kappa shape index (κ3) is 2.36. The molecule has 5 heteroatoms. The number of hydrogen-bond acceptors (Lipinski definition) is 3. The lowest BCUT2D eigenvalue weighted by atomic mass is 9.74. The van der Waals surface area contributed by atoms with Crippen LogP contribution < -0.4 is 0 Å². The monoisotopic (exact) mass is 315 g/mol. The fraction of sp³-hybridized carbons (Fsp3) is 0.353. The van der Waals surface area contributed by atoms with Gasteiger partial charge in [-0.15, -0.1) is 0 Å². The molecule has 0 spiro atoms. The van der Waals surface area contributed by atoms with Crippen LogP contribution in [0.1, 0.15) is 33.3 Å². The number of rotatable bonds is 2. The van der Waals surface area contributed by atoms with E-state index >= 15 is 0 Å². The van der Waals surface area contributed by atoms with Crippen LogP contribution in [0, 0.1) is 0 Å². The number of pyridine rings is 1. The van der Waals surface area contributed by atoms with Gasteiger partial charge in [-0.05, 0) is 51.4 Å². The molecule has 114 valence electrons. The molecule has 22 heavy (non-hydrogen) atoms. The zero-order valence-corrected chi connectivity index (χ0v) is 14.1. The molecule has 3 rings (SSSR count). The Balaban J connectivity index is 2.03. The molecule has 1 fully saturated rings. The molecular formula is C17H19BClNO2. The number of benzene rings is 1. The van der Waals surface area contributed by atoms with Crippen LogP contribution in [0.25, 0.3) is 16.4 Å². The summed E-state index contributed by atoms with van der Waals surface area (Å²) in [5.74, 6) is 0. The molecule has 0 atom stereocenters. The molecule has 0 amide bonds. The molecule has 1 aliphatic rings. The summed E-state index contributed by atoms with van der Waals surface area (Å²) < 4.78 is 12.2. The SMILES string of the molecule is C=C(B1OC(C)(C)C(C)(C)O1)c1ccc(Cl)c2cccnc12. The van der Waals surface area contributed by atoms with E-state index in [0.29, 0.717) is 5.02 Å². The van der Waals surface area contributed by atoms with Crippen molar-refractivity contribution in [1.29, 1.82) is 0 Å². The molecule has 0 aliphatic carbocycles. The summed E-state index contributed by atoms with van der Waals surface area (Å²) in [5, 5.41) is 1.58. The van der Waals surface area contributed by atoms with Gasteiger partial charge in [0.15, 0.2) is 0 Å². The molecule has 1 aromatic carbocycles. The first-order valence-electron chi connectivity index (χ1n) is 7.31. The summed E-state index contributed by atoms with van der Waals surface area (Å²) >= 11 is 6.25. The van der Waals surface area contributed by atoms with Gasteiger partial charge in [-0.25, -0.2) is 0 Å². The number of hydrogen-bond donors (Lipinski definition) is 0. The van der Waals surface area contributed by atoms with E-state index in [-0.39, 0.29) is 0 Å². The largest absolute Gasteiger partial charge is 0.494 e. The molecule has 3 nitrogen and oxygen atoms in total. The second kappa shape index (κ2) is 5.09. The number of aromatic nitrogens is 1. The Labute approximate surface area is 136 Å².